The fraction of sp³-hybridized carbons (Fsp3) is 0.118. The maximum Gasteiger partial charge on any atom is 0.195 e. The van der Waals surface area contributed by atoms with Crippen molar-refractivity contribution in [1.29, 1.82) is 0 Å². The summed E-state index contributed by atoms with van der Waals surface area (Å²) in [5, 5.41) is 2.11. The van der Waals surface area contributed by atoms with E-state index in [1.54, 1.807) is 18.2 Å². The van der Waals surface area contributed by atoms with Gasteiger partial charge in [-0.2, -0.15) is 0 Å². The molecule has 0 amide bonds. The molecule has 2 nitrogen and oxygen atoms in total. The molecule has 0 saturated heterocycles. The minimum atomic E-state index is -0.0251. The van der Waals surface area contributed by atoms with Crippen LogP contribution in [0.5, 0.6) is 0 Å². The van der Waals surface area contributed by atoms with Gasteiger partial charge in [-0.15, -0.1) is 0 Å². The standard InChI is InChI=1S/C17H13Cl2NO/c1-10-3-4-11(18)7-14(10)17(21)15-9-20(2)16-8-12(19)5-6-13(15)16/h3-9H,1-2H3. The van der Waals surface area contributed by atoms with Crippen molar-refractivity contribution in [2.75, 3.05) is 0 Å². The molecule has 0 atom stereocenters. The van der Waals surface area contributed by atoms with Gasteiger partial charge in [0.2, 0.25) is 0 Å². The predicted molar refractivity (Wildman–Crippen MR) is 87.6 cm³/mol. The Balaban J connectivity index is 2.21. The van der Waals surface area contributed by atoms with Crippen molar-refractivity contribution in [3.05, 3.63) is 69.3 Å². The quantitative estimate of drug-likeness (QED) is 0.608. The average Bonchev–Trinajstić information content (AvgIpc) is 2.78. The first-order valence-corrected chi connectivity index (χ1v) is 7.28. The Hall–Kier alpha value is -1.77. The number of carbonyl (C=O) groups is 1. The van der Waals surface area contributed by atoms with Gasteiger partial charge < -0.3 is 4.57 Å². The Morgan fingerprint density at radius 1 is 1.00 bits per heavy atom. The van der Waals surface area contributed by atoms with Gasteiger partial charge in [-0.3, -0.25) is 4.79 Å². The Labute approximate surface area is 132 Å². The van der Waals surface area contributed by atoms with Crippen LogP contribution in [0.15, 0.2) is 42.6 Å². The molecule has 0 unspecified atom stereocenters. The van der Waals surface area contributed by atoms with E-state index < -0.39 is 0 Å². The van der Waals surface area contributed by atoms with Crippen LogP contribution in [0.4, 0.5) is 0 Å². The highest BCUT2D eigenvalue weighted by Crippen LogP contribution is 2.27. The molecule has 0 spiro atoms. The summed E-state index contributed by atoms with van der Waals surface area (Å²) in [6, 6.07) is 10.9. The van der Waals surface area contributed by atoms with Crippen LogP contribution in [0.2, 0.25) is 10.0 Å². The molecule has 4 heteroatoms. The van der Waals surface area contributed by atoms with Gasteiger partial charge in [0.05, 0.1) is 0 Å². The average molecular weight is 318 g/mol. The first-order chi connectivity index (χ1) is 9.97. The zero-order valence-electron chi connectivity index (χ0n) is 11.7. The van der Waals surface area contributed by atoms with Gasteiger partial charge in [-0.1, -0.05) is 35.3 Å². The van der Waals surface area contributed by atoms with E-state index in [0.29, 0.717) is 21.2 Å². The fourth-order valence-electron chi connectivity index (χ4n) is 2.52. The lowest BCUT2D eigenvalue weighted by Gasteiger charge is -2.05. The number of ketones is 1. The Morgan fingerprint density at radius 3 is 2.43 bits per heavy atom. The number of halogens is 2. The molecule has 3 aromatic rings. The van der Waals surface area contributed by atoms with E-state index in [4.69, 9.17) is 23.2 Å². The molecule has 2 aromatic carbocycles. The number of hydrogen-bond donors (Lipinski definition) is 0. The van der Waals surface area contributed by atoms with Gasteiger partial charge in [0.1, 0.15) is 0 Å². The second-order valence-electron chi connectivity index (χ2n) is 5.10. The van der Waals surface area contributed by atoms with E-state index >= 15 is 0 Å². The number of fused-ring (bicyclic) bond motifs is 1. The molecule has 0 aliphatic heterocycles. The summed E-state index contributed by atoms with van der Waals surface area (Å²) in [7, 11) is 1.90. The van der Waals surface area contributed by atoms with Crippen LogP contribution in [0.25, 0.3) is 10.9 Å². The molecule has 1 heterocycles. The fourth-order valence-corrected chi connectivity index (χ4v) is 2.86. The van der Waals surface area contributed by atoms with Crippen molar-refractivity contribution in [1.82, 2.24) is 4.57 Å². The summed E-state index contributed by atoms with van der Waals surface area (Å²) in [5.74, 6) is -0.0251. The minimum absolute atomic E-state index is 0.0251. The highest BCUT2D eigenvalue weighted by Gasteiger charge is 2.17. The molecule has 3 rings (SSSR count). The van der Waals surface area contributed by atoms with Gasteiger partial charge in [0.15, 0.2) is 5.78 Å². The predicted octanol–water partition coefficient (Wildman–Crippen LogP) is 5.02. The zero-order chi connectivity index (χ0) is 15.1. The van der Waals surface area contributed by atoms with E-state index in [1.165, 1.54) is 0 Å². The zero-order valence-corrected chi connectivity index (χ0v) is 13.2. The number of aryl methyl sites for hydroxylation is 2. The van der Waals surface area contributed by atoms with Crippen molar-refractivity contribution in [2.45, 2.75) is 6.92 Å². The van der Waals surface area contributed by atoms with Crippen molar-refractivity contribution in [3.63, 3.8) is 0 Å². The maximum absolute atomic E-state index is 12.8. The highest BCUT2D eigenvalue weighted by atomic mass is 35.5. The lowest BCUT2D eigenvalue weighted by atomic mass is 9.99. The molecule has 0 aliphatic rings. The number of hydrogen-bond acceptors (Lipinski definition) is 1. The van der Waals surface area contributed by atoms with Crippen LogP contribution in [0.1, 0.15) is 21.5 Å². The van der Waals surface area contributed by atoms with Crippen LogP contribution in [-0.2, 0) is 7.05 Å². The molecule has 21 heavy (non-hydrogen) atoms. The largest absolute Gasteiger partial charge is 0.350 e. The SMILES string of the molecule is Cc1ccc(Cl)cc1C(=O)c1cn(C)c2cc(Cl)ccc12. The van der Waals surface area contributed by atoms with Gasteiger partial charge in [0.25, 0.3) is 0 Å². The molecule has 0 aliphatic carbocycles. The maximum atomic E-state index is 12.8. The van der Waals surface area contributed by atoms with E-state index in [2.05, 4.69) is 0 Å². The number of nitrogens with zero attached hydrogens (tertiary/aromatic N) is 1. The number of rotatable bonds is 2. The Morgan fingerprint density at radius 2 is 1.67 bits per heavy atom. The molecule has 0 fully saturated rings. The van der Waals surface area contributed by atoms with E-state index in [9.17, 15) is 4.79 Å². The summed E-state index contributed by atoms with van der Waals surface area (Å²) >= 11 is 12.0. The van der Waals surface area contributed by atoms with Crippen LogP contribution in [-0.4, -0.2) is 10.4 Å². The first-order valence-electron chi connectivity index (χ1n) is 6.53. The summed E-state index contributed by atoms with van der Waals surface area (Å²) < 4.78 is 1.91. The molecule has 0 radical (unpaired) electrons. The normalized spacial score (nSPS) is 11.0. The molecular formula is C17H13Cl2NO. The molecule has 1 aromatic heterocycles. The van der Waals surface area contributed by atoms with E-state index in [0.717, 1.165) is 16.5 Å². The second-order valence-corrected chi connectivity index (χ2v) is 5.98. The summed E-state index contributed by atoms with van der Waals surface area (Å²) in [5.41, 5.74) is 3.14. The van der Waals surface area contributed by atoms with Crippen molar-refractivity contribution in [2.24, 2.45) is 7.05 Å². The minimum Gasteiger partial charge on any atom is -0.350 e. The van der Waals surface area contributed by atoms with Crippen LogP contribution in [0, 0.1) is 6.92 Å². The molecule has 0 N–H and O–H groups in total. The summed E-state index contributed by atoms with van der Waals surface area (Å²) in [6.45, 7) is 1.91. The number of aromatic nitrogens is 1. The summed E-state index contributed by atoms with van der Waals surface area (Å²) in [6.07, 6.45) is 1.84. The van der Waals surface area contributed by atoms with E-state index in [1.807, 2.05) is 42.9 Å². The van der Waals surface area contributed by atoms with Gasteiger partial charge in [-0.05, 0) is 36.8 Å². The molecule has 0 saturated carbocycles. The second kappa shape index (κ2) is 5.21. The summed E-state index contributed by atoms with van der Waals surface area (Å²) in [4.78, 5) is 12.8. The first kappa shape index (κ1) is 14.2. The monoisotopic (exact) mass is 317 g/mol. The highest BCUT2D eigenvalue weighted by molar-refractivity contribution is 6.32. The smallest absolute Gasteiger partial charge is 0.195 e. The van der Waals surface area contributed by atoms with E-state index in [-0.39, 0.29) is 5.78 Å². The molecule has 106 valence electrons. The van der Waals surface area contributed by atoms with Crippen molar-refractivity contribution < 1.29 is 4.79 Å². The Bertz CT molecular complexity index is 865. The molecular weight excluding hydrogens is 305 g/mol. The molecule has 0 bridgehead atoms. The third-order valence-corrected chi connectivity index (χ3v) is 4.11. The van der Waals surface area contributed by atoms with Crippen molar-refractivity contribution in [3.8, 4) is 0 Å². The number of carbonyl (C=O) groups excluding carboxylic acids is 1. The van der Waals surface area contributed by atoms with Gasteiger partial charge in [-0.25, -0.2) is 0 Å². The van der Waals surface area contributed by atoms with Gasteiger partial charge >= 0.3 is 0 Å². The van der Waals surface area contributed by atoms with Crippen LogP contribution in [0.3, 0.4) is 0 Å². The Kier molecular flexibility index (Phi) is 3.52. The topological polar surface area (TPSA) is 22.0 Å². The lowest BCUT2D eigenvalue weighted by Crippen LogP contribution is -2.03. The van der Waals surface area contributed by atoms with Crippen LogP contribution < -0.4 is 0 Å². The lowest BCUT2D eigenvalue weighted by molar-refractivity contribution is 0.103. The third kappa shape index (κ3) is 2.45. The van der Waals surface area contributed by atoms with Crippen molar-refractivity contribution >= 4 is 39.9 Å². The third-order valence-electron chi connectivity index (χ3n) is 3.64. The van der Waals surface area contributed by atoms with Gasteiger partial charge in [0, 0.05) is 45.3 Å². The number of benzene rings is 2. The van der Waals surface area contributed by atoms with Crippen LogP contribution >= 0.6 is 23.2 Å².